The van der Waals surface area contributed by atoms with Gasteiger partial charge in [-0.3, -0.25) is 19.2 Å². The van der Waals surface area contributed by atoms with Crippen LogP contribution < -0.4 is 10.6 Å². The Kier molecular flexibility index (Phi) is 9.73. The minimum atomic E-state index is -0.529. The molecule has 2 saturated heterocycles. The molecule has 2 heterocycles. The number of likely N-dealkylation sites (tertiary alicyclic amines) is 2. The predicted octanol–water partition coefficient (Wildman–Crippen LogP) is 8.65. The Bertz CT molecular complexity index is 2220. The Morgan fingerprint density at radius 1 is 0.481 bits per heavy atom. The summed E-state index contributed by atoms with van der Waals surface area (Å²) in [4.78, 5) is 57.3. The maximum atomic E-state index is 13.6. The molecule has 2 fully saturated rings. The summed E-state index contributed by atoms with van der Waals surface area (Å²) in [6.07, 6.45) is 6.76. The van der Waals surface area contributed by atoms with E-state index in [1.165, 1.54) is 0 Å². The van der Waals surface area contributed by atoms with Gasteiger partial charge < -0.3 is 20.4 Å². The lowest BCUT2D eigenvalue weighted by atomic mass is 10.0. The lowest BCUT2D eigenvalue weighted by Crippen LogP contribution is -2.43. The number of benzene rings is 6. The molecule has 2 atom stereocenters. The summed E-state index contributed by atoms with van der Waals surface area (Å²) in [5.41, 5.74) is 4.48. The standard InChI is InChI=1S/C46H40N4O4/c51-43(41-17-7-29-49(41)45(53)39-15-5-11-33-9-1-3-13-37(33)39)47-35-25-21-31(22-26-35)19-20-32-23-27-36(28-24-32)48-44(52)42-18-8-30-50(42)46(54)40-16-6-12-34-10-2-4-14-38(34)40/h1-6,9-16,19-28,41-42H,7-8,17-18,29-30H2,(H,47,51)(H,48,52)/b20-19+/t41-,42-/m1/s1. The van der Waals surface area contributed by atoms with Gasteiger partial charge in [0.25, 0.3) is 11.8 Å². The maximum absolute atomic E-state index is 13.6. The molecule has 0 spiro atoms. The molecular formula is C46H40N4O4. The van der Waals surface area contributed by atoms with Gasteiger partial charge in [-0.15, -0.1) is 0 Å². The summed E-state index contributed by atoms with van der Waals surface area (Å²) < 4.78 is 0. The molecule has 2 N–H and O–H groups in total. The highest BCUT2D eigenvalue weighted by Crippen LogP contribution is 2.28. The fraction of sp³-hybridized carbons (Fsp3) is 0.174. The van der Waals surface area contributed by atoms with E-state index < -0.39 is 12.1 Å². The molecule has 0 unspecified atom stereocenters. The van der Waals surface area contributed by atoms with E-state index in [1.54, 1.807) is 9.80 Å². The largest absolute Gasteiger partial charge is 0.327 e. The highest BCUT2D eigenvalue weighted by atomic mass is 16.2. The molecule has 0 aromatic heterocycles. The van der Waals surface area contributed by atoms with Crippen molar-refractivity contribution >= 4 is 68.7 Å². The van der Waals surface area contributed by atoms with Gasteiger partial charge in [0.2, 0.25) is 11.8 Å². The van der Waals surface area contributed by atoms with Crippen LogP contribution in [0.25, 0.3) is 33.7 Å². The van der Waals surface area contributed by atoms with E-state index in [0.717, 1.165) is 45.5 Å². The molecule has 2 aliphatic rings. The molecular weight excluding hydrogens is 673 g/mol. The molecule has 6 aromatic carbocycles. The van der Waals surface area contributed by atoms with Gasteiger partial charge in [-0.25, -0.2) is 0 Å². The third-order valence-electron chi connectivity index (χ3n) is 10.5. The summed E-state index contributed by atoms with van der Waals surface area (Å²) in [7, 11) is 0. The Morgan fingerprint density at radius 3 is 1.30 bits per heavy atom. The Hall–Kier alpha value is -6.54. The van der Waals surface area contributed by atoms with E-state index in [0.29, 0.717) is 48.4 Å². The Labute approximate surface area is 314 Å². The first-order chi connectivity index (χ1) is 26.4. The van der Waals surface area contributed by atoms with Gasteiger partial charge in [0, 0.05) is 35.6 Å². The van der Waals surface area contributed by atoms with Crippen LogP contribution in [0.3, 0.4) is 0 Å². The quantitative estimate of drug-likeness (QED) is 0.154. The van der Waals surface area contributed by atoms with Gasteiger partial charge in [-0.2, -0.15) is 0 Å². The normalized spacial score (nSPS) is 17.0. The smallest absolute Gasteiger partial charge is 0.255 e. The number of amides is 4. The second-order valence-electron chi connectivity index (χ2n) is 13.9. The minimum Gasteiger partial charge on any atom is -0.327 e. The number of carbonyl (C=O) groups excluding carboxylic acids is 4. The van der Waals surface area contributed by atoms with E-state index in [9.17, 15) is 19.2 Å². The van der Waals surface area contributed by atoms with Gasteiger partial charge in [0.05, 0.1) is 0 Å². The molecule has 4 amide bonds. The van der Waals surface area contributed by atoms with Crippen LogP contribution in [0.4, 0.5) is 11.4 Å². The first kappa shape index (κ1) is 34.5. The number of anilines is 2. The zero-order valence-electron chi connectivity index (χ0n) is 29.8. The predicted molar refractivity (Wildman–Crippen MR) is 215 cm³/mol. The van der Waals surface area contributed by atoms with Crippen LogP contribution in [-0.4, -0.2) is 58.6 Å². The number of fused-ring (bicyclic) bond motifs is 2. The van der Waals surface area contributed by atoms with Gasteiger partial charge in [-0.05, 0) is 94.8 Å². The molecule has 0 aliphatic carbocycles. The molecule has 8 nitrogen and oxygen atoms in total. The van der Waals surface area contributed by atoms with Gasteiger partial charge >= 0.3 is 0 Å². The summed E-state index contributed by atoms with van der Waals surface area (Å²) in [6, 6.07) is 41.1. The number of nitrogens with one attached hydrogen (secondary N) is 2. The average molecular weight is 713 g/mol. The van der Waals surface area contributed by atoms with Crippen LogP contribution in [0, 0.1) is 0 Å². The van der Waals surface area contributed by atoms with Crippen molar-refractivity contribution < 1.29 is 19.2 Å². The van der Waals surface area contributed by atoms with Crippen LogP contribution in [0.15, 0.2) is 133 Å². The molecule has 0 radical (unpaired) electrons. The first-order valence-electron chi connectivity index (χ1n) is 18.5. The second kappa shape index (κ2) is 15.2. The molecule has 268 valence electrons. The summed E-state index contributed by atoms with van der Waals surface area (Å²) in [5, 5.41) is 9.80. The van der Waals surface area contributed by atoms with Crippen molar-refractivity contribution in [1.82, 2.24) is 9.80 Å². The number of hydrogen-bond acceptors (Lipinski definition) is 4. The third kappa shape index (κ3) is 7.11. The second-order valence-corrected chi connectivity index (χ2v) is 13.9. The van der Waals surface area contributed by atoms with Gasteiger partial charge in [0.15, 0.2) is 0 Å². The molecule has 2 aliphatic heterocycles. The lowest BCUT2D eigenvalue weighted by molar-refractivity contribution is -0.120. The van der Waals surface area contributed by atoms with Crippen LogP contribution in [0.2, 0.25) is 0 Å². The summed E-state index contributed by atoms with van der Waals surface area (Å²) in [5.74, 6) is -0.614. The van der Waals surface area contributed by atoms with E-state index in [2.05, 4.69) is 10.6 Å². The molecule has 0 saturated carbocycles. The van der Waals surface area contributed by atoms with Crippen molar-refractivity contribution in [2.24, 2.45) is 0 Å². The number of carbonyl (C=O) groups is 4. The van der Waals surface area contributed by atoms with Crippen LogP contribution in [-0.2, 0) is 9.59 Å². The molecule has 8 rings (SSSR count). The number of rotatable bonds is 8. The first-order valence-corrected chi connectivity index (χ1v) is 18.5. The number of nitrogens with zero attached hydrogens (tertiary/aromatic N) is 2. The van der Waals surface area contributed by atoms with Crippen molar-refractivity contribution in [2.45, 2.75) is 37.8 Å². The molecule has 6 aromatic rings. The van der Waals surface area contributed by atoms with Crippen molar-refractivity contribution in [1.29, 1.82) is 0 Å². The average Bonchev–Trinajstić information content (AvgIpc) is 3.92. The fourth-order valence-electron chi connectivity index (χ4n) is 7.70. The Morgan fingerprint density at radius 2 is 0.870 bits per heavy atom. The maximum Gasteiger partial charge on any atom is 0.255 e. The van der Waals surface area contributed by atoms with Crippen molar-refractivity contribution in [2.75, 3.05) is 23.7 Å². The number of hydrogen-bond donors (Lipinski definition) is 2. The molecule has 54 heavy (non-hydrogen) atoms. The minimum absolute atomic E-state index is 0.120. The highest BCUT2D eigenvalue weighted by Gasteiger charge is 2.36. The summed E-state index contributed by atoms with van der Waals surface area (Å²) in [6.45, 7) is 1.09. The topological polar surface area (TPSA) is 98.8 Å². The highest BCUT2D eigenvalue weighted by molar-refractivity contribution is 6.10. The van der Waals surface area contributed by atoms with E-state index in [4.69, 9.17) is 0 Å². The zero-order valence-corrected chi connectivity index (χ0v) is 29.8. The lowest BCUT2D eigenvalue weighted by Gasteiger charge is -2.24. The van der Waals surface area contributed by atoms with Crippen LogP contribution >= 0.6 is 0 Å². The fourth-order valence-corrected chi connectivity index (χ4v) is 7.70. The molecule has 0 bridgehead atoms. The SMILES string of the molecule is O=C(Nc1ccc(/C=C/c2ccc(NC(=O)[C@H]3CCCN3C(=O)c3cccc4ccccc34)cc2)cc1)[C@H]1CCCN1C(=O)c1cccc2ccccc12. The van der Waals surface area contributed by atoms with Crippen molar-refractivity contribution in [3.8, 4) is 0 Å². The Balaban J connectivity index is 0.858. The van der Waals surface area contributed by atoms with Crippen LogP contribution in [0.1, 0.15) is 57.5 Å². The van der Waals surface area contributed by atoms with Crippen LogP contribution in [0.5, 0.6) is 0 Å². The third-order valence-corrected chi connectivity index (χ3v) is 10.5. The van der Waals surface area contributed by atoms with E-state index >= 15 is 0 Å². The van der Waals surface area contributed by atoms with Gasteiger partial charge in [0.1, 0.15) is 12.1 Å². The van der Waals surface area contributed by atoms with E-state index in [1.807, 2.05) is 146 Å². The zero-order chi connectivity index (χ0) is 37.0. The molecule has 8 heteroatoms. The van der Waals surface area contributed by atoms with Crippen molar-refractivity contribution in [3.63, 3.8) is 0 Å². The van der Waals surface area contributed by atoms with E-state index in [-0.39, 0.29) is 23.6 Å². The van der Waals surface area contributed by atoms with Crippen molar-refractivity contribution in [3.05, 3.63) is 156 Å². The van der Waals surface area contributed by atoms with Gasteiger partial charge in [-0.1, -0.05) is 109 Å². The summed E-state index contributed by atoms with van der Waals surface area (Å²) >= 11 is 0. The monoisotopic (exact) mass is 712 g/mol.